The van der Waals surface area contributed by atoms with Crippen LogP contribution in [0.25, 0.3) is 0 Å². The van der Waals surface area contributed by atoms with Gasteiger partial charge in [-0.3, -0.25) is 33.6 Å². The van der Waals surface area contributed by atoms with Gasteiger partial charge in [-0.25, -0.2) is 0 Å². The largest absolute Gasteiger partial charge is 0.356 e. The van der Waals surface area contributed by atoms with Gasteiger partial charge in [-0.1, -0.05) is 107 Å². The van der Waals surface area contributed by atoms with Gasteiger partial charge in [0.05, 0.1) is 19.1 Å². The fourth-order valence-electron chi connectivity index (χ4n) is 8.01. The first-order chi connectivity index (χ1) is 30.7. The van der Waals surface area contributed by atoms with Gasteiger partial charge >= 0.3 is 0 Å². The predicted octanol–water partition coefficient (Wildman–Crippen LogP) is 7.38. The van der Waals surface area contributed by atoms with Gasteiger partial charge in [0.25, 0.3) is 0 Å². The fourth-order valence-corrected chi connectivity index (χ4v) is 8.01. The predicted molar refractivity (Wildman–Crippen MR) is 264 cm³/mol. The summed E-state index contributed by atoms with van der Waals surface area (Å²) in [5.41, 5.74) is 12.5. The summed E-state index contributed by atoms with van der Waals surface area (Å²) in [6.07, 6.45) is 15.7. The van der Waals surface area contributed by atoms with E-state index in [1.54, 1.807) is 16.7 Å². The molecule has 0 saturated carbocycles. The molecule has 0 aliphatic heterocycles. The lowest BCUT2D eigenvalue weighted by Crippen LogP contribution is -2.47. The summed E-state index contributed by atoms with van der Waals surface area (Å²) in [4.78, 5) is 91.9. The molecule has 0 aromatic carbocycles. The third kappa shape index (κ3) is 35.5. The second-order valence-electron chi connectivity index (χ2n) is 20.3. The number of nitrogens with zero attached hydrogens (tertiary/aromatic N) is 2. The molecule has 0 unspecified atom stereocenters. The van der Waals surface area contributed by atoms with Crippen molar-refractivity contribution in [2.24, 2.45) is 35.1 Å². The Morgan fingerprint density at radius 1 is 0.477 bits per heavy atom. The highest BCUT2D eigenvalue weighted by molar-refractivity contribution is 5.89. The Balaban J connectivity index is 4.23. The molecular weight excluding hydrogens is 823 g/mol. The number of amides is 5. The number of unbranched alkanes of at least 4 members (excludes halogenated alkanes) is 10. The summed E-state index contributed by atoms with van der Waals surface area (Å²) < 4.78 is 0. The number of rotatable bonds is 41. The zero-order valence-corrected chi connectivity index (χ0v) is 42.7. The van der Waals surface area contributed by atoms with E-state index in [-0.39, 0.29) is 78.1 Å². The van der Waals surface area contributed by atoms with Gasteiger partial charge < -0.3 is 37.2 Å². The molecule has 3 atom stereocenters. The van der Waals surface area contributed by atoms with Crippen molar-refractivity contribution in [1.29, 1.82) is 0 Å². The molecule has 14 heteroatoms. The minimum Gasteiger partial charge on any atom is -0.356 e. The Bertz CT molecular complexity index is 1360. The minimum absolute atomic E-state index is 0.00672. The van der Waals surface area contributed by atoms with Crippen molar-refractivity contribution >= 4 is 41.1 Å². The van der Waals surface area contributed by atoms with Crippen molar-refractivity contribution < 1.29 is 33.6 Å². The number of hydrogen-bond donors (Lipinski definition) is 5. The van der Waals surface area contributed by atoms with Crippen molar-refractivity contribution in [3.63, 3.8) is 0 Å². The summed E-state index contributed by atoms with van der Waals surface area (Å²) in [6, 6.07) is -0.816. The van der Waals surface area contributed by atoms with E-state index in [0.717, 1.165) is 89.9 Å². The Morgan fingerprint density at radius 3 is 1.37 bits per heavy atom. The van der Waals surface area contributed by atoms with Crippen molar-refractivity contribution in [3.8, 4) is 0 Å². The first-order valence-corrected chi connectivity index (χ1v) is 25.7. The minimum atomic E-state index is -0.510. The lowest BCUT2D eigenvalue weighted by molar-refractivity contribution is -0.137. The Kier molecular flexibility index (Phi) is 35.7. The highest BCUT2D eigenvalue weighted by Gasteiger charge is 2.23. The molecule has 378 valence electrons. The fraction of sp³-hybridized carbons (Fsp3) is 0.863. The Hall–Kier alpha value is -3.39. The van der Waals surface area contributed by atoms with Crippen LogP contribution in [0.4, 0.5) is 0 Å². The van der Waals surface area contributed by atoms with Gasteiger partial charge in [0.2, 0.25) is 29.5 Å². The van der Waals surface area contributed by atoms with Crippen LogP contribution >= 0.6 is 0 Å². The summed E-state index contributed by atoms with van der Waals surface area (Å²) >= 11 is 0. The molecule has 0 fully saturated rings. The number of nitrogens with one attached hydrogen (secondary N) is 3. The molecule has 5 amide bonds. The quantitative estimate of drug-likeness (QED) is 0.0387. The van der Waals surface area contributed by atoms with E-state index < -0.39 is 6.04 Å². The molecule has 0 aromatic rings. The van der Waals surface area contributed by atoms with Gasteiger partial charge in [-0.2, -0.15) is 0 Å². The Morgan fingerprint density at radius 2 is 0.892 bits per heavy atom. The first kappa shape index (κ1) is 61.6. The number of ketones is 2. The average molecular weight is 920 g/mol. The molecular formula is C51H97N7O7. The van der Waals surface area contributed by atoms with Crippen molar-refractivity contribution in [3.05, 3.63) is 0 Å². The van der Waals surface area contributed by atoms with E-state index in [2.05, 4.69) is 43.6 Å². The lowest BCUT2D eigenvalue weighted by Gasteiger charge is -2.27. The average Bonchev–Trinajstić information content (AvgIpc) is 3.20. The maximum absolute atomic E-state index is 12.8. The number of Topliss-reactive ketones (excluding diaryl/α,β-unsaturated/α-hetero) is 2. The number of carbonyl (C=O) groups is 7. The van der Waals surface area contributed by atoms with Crippen molar-refractivity contribution in [1.82, 2.24) is 25.8 Å². The molecule has 0 aliphatic carbocycles. The van der Waals surface area contributed by atoms with Crippen LogP contribution in [0.2, 0.25) is 0 Å². The van der Waals surface area contributed by atoms with Crippen LogP contribution in [-0.2, 0) is 33.6 Å². The number of nitrogens with two attached hydrogens (primary N) is 2. The topological polar surface area (TPSA) is 214 Å². The van der Waals surface area contributed by atoms with Crippen LogP contribution in [0.15, 0.2) is 0 Å². The SMILES string of the molecule is CCC(=O)[C@H](CCCCNC(=O)CCCCCCCNC(=O)CN(C[C@@H](N)CC(C)C)C(=O)CC(C)C)NC(=O)CCCCCCCCC(=O)CN(C[C@@H](N)CC(C)C)C(=O)CC(C)C. The van der Waals surface area contributed by atoms with Gasteiger partial charge in [-0.15, -0.1) is 0 Å². The maximum Gasteiger partial charge on any atom is 0.239 e. The van der Waals surface area contributed by atoms with Gasteiger partial charge in [0, 0.05) is 76.8 Å². The lowest BCUT2D eigenvalue weighted by atomic mass is 10.0. The van der Waals surface area contributed by atoms with Gasteiger partial charge in [-0.05, 0) is 81.5 Å². The zero-order valence-electron chi connectivity index (χ0n) is 42.7. The monoisotopic (exact) mass is 920 g/mol. The van der Waals surface area contributed by atoms with Crippen molar-refractivity contribution in [2.45, 2.75) is 222 Å². The van der Waals surface area contributed by atoms with E-state index in [1.807, 2.05) is 27.7 Å². The second-order valence-corrected chi connectivity index (χ2v) is 20.3. The summed E-state index contributed by atoms with van der Waals surface area (Å²) in [6.45, 7) is 20.2. The standard InChI is InChI=1S/C51H97N7O7/c1-10-46(60)45(56-48(62)27-20-15-12-11-14-18-24-44(59)36-57(50(64)32-40(6)7)34-42(52)30-38(2)3)25-21-23-29-54-47(61)26-19-16-13-17-22-28-55-49(63)37-58(51(65)33-41(8)9)35-43(53)31-39(4)5/h38-43,45H,10-37,52-53H2,1-9H3,(H,54,61)(H,55,63)(H,56,62)/t42-,43-,45-/m0/s1. The molecule has 0 saturated heterocycles. The molecule has 0 rings (SSSR count). The molecule has 14 nitrogen and oxygen atoms in total. The Labute approximate surface area is 395 Å². The first-order valence-electron chi connectivity index (χ1n) is 25.7. The highest BCUT2D eigenvalue weighted by Crippen LogP contribution is 2.14. The highest BCUT2D eigenvalue weighted by atomic mass is 16.2. The third-order valence-corrected chi connectivity index (χ3v) is 11.4. The van der Waals surface area contributed by atoms with Crippen LogP contribution < -0.4 is 27.4 Å². The normalized spacial score (nSPS) is 12.9. The molecule has 0 radical (unpaired) electrons. The van der Waals surface area contributed by atoms with Crippen molar-refractivity contribution in [2.75, 3.05) is 39.3 Å². The van der Waals surface area contributed by atoms with Crippen LogP contribution in [-0.4, -0.2) is 108 Å². The van der Waals surface area contributed by atoms with E-state index in [0.29, 0.717) is 89.4 Å². The van der Waals surface area contributed by atoms with E-state index in [1.165, 1.54) is 0 Å². The maximum atomic E-state index is 12.8. The second kappa shape index (κ2) is 37.7. The smallest absolute Gasteiger partial charge is 0.239 e. The third-order valence-electron chi connectivity index (χ3n) is 11.4. The molecule has 65 heavy (non-hydrogen) atoms. The van der Waals surface area contributed by atoms with E-state index in [9.17, 15) is 33.6 Å². The molecule has 0 heterocycles. The zero-order chi connectivity index (χ0) is 49.2. The molecule has 7 N–H and O–H groups in total. The molecule has 0 aromatic heterocycles. The molecule has 0 aliphatic rings. The number of carbonyl (C=O) groups excluding carboxylic acids is 7. The molecule has 0 spiro atoms. The summed E-state index contributed by atoms with van der Waals surface area (Å²) in [5, 5.41) is 8.86. The van der Waals surface area contributed by atoms with Gasteiger partial charge in [0.15, 0.2) is 11.6 Å². The number of hydrogen-bond acceptors (Lipinski definition) is 9. The summed E-state index contributed by atoms with van der Waals surface area (Å²) in [5.74, 6) is 1.05. The van der Waals surface area contributed by atoms with Crippen LogP contribution in [0.5, 0.6) is 0 Å². The van der Waals surface area contributed by atoms with Gasteiger partial charge in [0.1, 0.15) is 0 Å². The summed E-state index contributed by atoms with van der Waals surface area (Å²) in [7, 11) is 0. The van der Waals surface area contributed by atoms with Crippen LogP contribution in [0.3, 0.4) is 0 Å². The van der Waals surface area contributed by atoms with Crippen LogP contribution in [0.1, 0.15) is 204 Å². The van der Waals surface area contributed by atoms with E-state index >= 15 is 0 Å². The van der Waals surface area contributed by atoms with Crippen LogP contribution in [0, 0.1) is 23.7 Å². The van der Waals surface area contributed by atoms with E-state index in [4.69, 9.17) is 11.5 Å². The molecule has 0 bridgehead atoms.